The molecule has 8 nitrogen and oxygen atoms in total. The molecular weight excluding hydrogens is 372 g/mol. The van der Waals surface area contributed by atoms with Crippen molar-refractivity contribution in [3.05, 3.63) is 29.3 Å². The molecule has 9 heteroatoms. The van der Waals surface area contributed by atoms with E-state index in [-0.39, 0.29) is 16.4 Å². The monoisotopic (exact) mass is 392 g/mol. The number of amides is 2. The summed E-state index contributed by atoms with van der Waals surface area (Å²) < 4.78 is 10.9. The largest absolute Gasteiger partial charge is 0.490 e. The van der Waals surface area contributed by atoms with Crippen molar-refractivity contribution >= 4 is 41.2 Å². The first-order valence-electron chi connectivity index (χ1n) is 8.15. The average molecular weight is 392 g/mol. The van der Waals surface area contributed by atoms with Gasteiger partial charge in [-0.25, -0.2) is 4.79 Å². The molecule has 0 spiro atoms. The Hall–Kier alpha value is -2.94. The third kappa shape index (κ3) is 4.25. The van der Waals surface area contributed by atoms with Crippen molar-refractivity contribution in [1.82, 2.24) is 9.80 Å². The summed E-state index contributed by atoms with van der Waals surface area (Å²) in [4.78, 5) is 38.2. The summed E-state index contributed by atoms with van der Waals surface area (Å²) in [6, 6.07) is 4.72. The van der Waals surface area contributed by atoms with Gasteiger partial charge >= 0.3 is 5.97 Å². The minimum absolute atomic E-state index is 0.0383. The van der Waals surface area contributed by atoms with E-state index >= 15 is 0 Å². The van der Waals surface area contributed by atoms with Crippen LogP contribution in [0.25, 0.3) is 6.08 Å². The number of carbonyl (C=O) groups excluding carboxylic acids is 2. The average Bonchev–Trinajstić information content (AvgIpc) is 2.64. The van der Waals surface area contributed by atoms with Gasteiger partial charge in [-0.3, -0.25) is 19.4 Å². The standard InChI is InChI=1S/C18H20N2O6S/c1-5-25-14-9-11(6-7-13(14)26-10(2)17(23)24)8-12-15(21)19(3)18(27)20(4)16(12)22/h6-10H,5H2,1-4H3,(H,23,24)/t10-/m0/s1. The number of aliphatic carboxylic acids is 1. The molecule has 1 saturated heterocycles. The van der Waals surface area contributed by atoms with E-state index in [1.807, 2.05) is 0 Å². The highest BCUT2D eigenvalue weighted by Gasteiger charge is 2.35. The summed E-state index contributed by atoms with van der Waals surface area (Å²) in [5.41, 5.74) is 0.490. The summed E-state index contributed by atoms with van der Waals surface area (Å²) in [5.74, 6) is -1.54. The Bertz CT molecular complexity index is 809. The normalized spacial score (nSPS) is 15.7. The van der Waals surface area contributed by atoms with Crippen LogP contribution in [-0.4, -0.2) is 64.6 Å². The zero-order valence-electron chi connectivity index (χ0n) is 15.4. The fourth-order valence-electron chi connectivity index (χ4n) is 2.36. The van der Waals surface area contributed by atoms with Crippen LogP contribution in [0.15, 0.2) is 23.8 Å². The number of ether oxygens (including phenoxy) is 2. The number of carboxylic acid groups (broad SMARTS) is 1. The predicted octanol–water partition coefficient (Wildman–Crippen LogP) is 1.54. The number of carboxylic acids is 1. The van der Waals surface area contributed by atoms with Gasteiger partial charge in [0.1, 0.15) is 5.57 Å². The third-order valence-electron chi connectivity index (χ3n) is 3.87. The highest BCUT2D eigenvalue weighted by Crippen LogP contribution is 2.31. The van der Waals surface area contributed by atoms with Crippen LogP contribution in [0, 0.1) is 0 Å². The second-order valence-corrected chi connectivity index (χ2v) is 6.17. The van der Waals surface area contributed by atoms with Gasteiger partial charge in [-0.1, -0.05) is 6.07 Å². The van der Waals surface area contributed by atoms with Crippen LogP contribution >= 0.6 is 12.2 Å². The Balaban J connectivity index is 2.41. The van der Waals surface area contributed by atoms with Crippen LogP contribution in [-0.2, 0) is 14.4 Å². The molecule has 0 radical (unpaired) electrons. The topological polar surface area (TPSA) is 96.4 Å². The van der Waals surface area contributed by atoms with Crippen LogP contribution in [0.2, 0.25) is 0 Å². The number of thiocarbonyl (C=S) groups is 1. The van der Waals surface area contributed by atoms with E-state index in [9.17, 15) is 14.4 Å². The smallest absolute Gasteiger partial charge is 0.344 e. The van der Waals surface area contributed by atoms with Crippen LogP contribution < -0.4 is 9.47 Å². The Kier molecular flexibility index (Phi) is 6.17. The molecule has 1 aromatic carbocycles. The van der Waals surface area contributed by atoms with E-state index in [1.165, 1.54) is 43.0 Å². The van der Waals surface area contributed by atoms with Crippen molar-refractivity contribution in [3.8, 4) is 11.5 Å². The van der Waals surface area contributed by atoms with Crippen LogP contribution in [0.4, 0.5) is 0 Å². The van der Waals surface area contributed by atoms with Crippen LogP contribution in [0.5, 0.6) is 11.5 Å². The first-order valence-corrected chi connectivity index (χ1v) is 8.56. The van der Waals surface area contributed by atoms with Crippen molar-refractivity contribution in [2.45, 2.75) is 20.0 Å². The predicted molar refractivity (Wildman–Crippen MR) is 101 cm³/mol. The molecule has 1 aromatic rings. The van der Waals surface area contributed by atoms with E-state index in [0.29, 0.717) is 17.9 Å². The lowest BCUT2D eigenvalue weighted by molar-refractivity contribution is -0.144. The number of hydrogen-bond acceptors (Lipinski definition) is 6. The summed E-state index contributed by atoms with van der Waals surface area (Å²) >= 11 is 5.05. The molecule has 2 rings (SSSR count). The second-order valence-electron chi connectivity index (χ2n) is 5.81. The van der Waals surface area contributed by atoms with Crippen molar-refractivity contribution in [2.75, 3.05) is 20.7 Å². The number of carbonyl (C=O) groups is 3. The molecule has 27 heavy (non-hydrogen) atoms. The Labute approximate surface area is 161 Å². The zero-order valence-corrected chi connectivity index (χ0v) is 16.2. The van der Waals surface area contributed by atoms with Crippen molar-refractivity contribution in [3.63, 3.8) is 0 Å². The molecule has 0 unspecified atom stereocenters. The Morgan fingerprint density at radius 1 is 1.22 bits per heavy atom. The molecule has 1 aliphatic rings. The van der Waals surface area contributed by atoms with E-state index in [1.54, 1.807) is 19.1 Å². The molecule has 2 amide bonds. The van der Waals surface area contributed by atoms with Gasteiger partial charge in [-0.15, -0.1) is 0 Å². The lowest BCUT2D eigenvalue weighted by Gasteiger charge is -2.31. The van der Waals surface area contributed by atoms with E-state index in [2.05, 4.69) is 0 Å². The molecule has 1 N–H and O–H groups in total. The van der Waals surface area contributed by atoms with Crippen LogP contribution in [0.3, 0.4) is 0 Å². The van der Waals surface area contributed by atoms with Gasteiger partial charge < -0.3 is 14.6 Å². The first-order chi connectivity index (χ1) is 12.7. The molecular formula is C18H20N2O6S. The van der Waals surface area contributed by atoms with E-state index in [0.717, 1.165) is 0 Å². The highest BCUT2D eigenvalue weighted by molar-refractivity contribution is 7.80. The van der Waals surface area contributed by atoms with Gasteiger partial charge in [0.05, 0.1) is 6.61 Å². The molecule has 0 bridgehead atoms. The van der Waals surface area contributed by atoms with Gasteiger partial charge in [-0.2, -0.15) is 0 Å². The maximum absolute atomic E-state index is 12.4. The molecule has 0 aromatic heterocycles. The minimum atomic E-state index is -1.11. The van der Waals surface area contributed by atoms with Gasteiger partial charge in [0.15, 0.2) is 22.7 Å². The maximum atomic E-state index is 12.4. The van der Waals surface area contributed by atoms with Crippen LogP contribution in [0.1, 0.15) is 19.4 Å². The quantitative estimate of drug-likeness (QED) is 0.446. The van der Waals surface area contributed by atoms with Gasteiger partial charge in [0, 0.05) is 14.1 Å². The molecule has 1 heterocycles. The third-order valence-corrected chi connectivity index (χ3v) is 4.42. The highest BCUT2D eigenvalue weighted by atomic mass is 32.1. The van der Waals surface area contributed by atoms with E-state index < -0.39 is 23.9 Å². The Morgan fingerprint density at radius 2 is 1.81 bits per heavy atom. The first kappa shape index (κ1) is 20.4. The van der Waals surface area contributed by atoms with Gasteiger partial charge in [0.25, 0.3) is 11.8 Å². The second kappa shape index (κ2) is 8.17. The molecule has 0 saturated carbocycles. The van der Waals surface area contributed by atoms with Crippen molar-refractivity contribution in [2.24, 2.45) is 0 Å². The SMILES string of the molecule is CCOc1cc(C=C2C(=O)N(C)C(=S)N(C)C2=O)ccc1O[C@@H](C)C(=O)O. The van der Waals surface area contributed by atoms with E-state index in [4.69, 9.17) is 26.8 Å². The fraction of sp³-hybridized carbons (Fsp3) is 0.333. The number of nitrogens with zero attached hydrogens (tertiary/aromatic N) is 2. The summed E-state index contributed by atoms with van der Waals surface area (Å²) in [6.45, 7) is 3.51. The summed E-state index contributed by atoms with van der Waals surface area (Å²) in [6.07, 6.45) is 0.380. The summed E-state index contributed by atoms with van der Waals surface area (Å²) in [5, 5.41) is 9.12. The number of hydrogen-bond donors (Lipinski definition) is 1. The maximum Gasteiger partial charge on any atom is 0.344 e. The molecule has 1 fully saturated rings. The number of rotatable bonds is 6. The lowest BCUT2D eigenvalue weighted by Crippen LogP contribution is -2.52. The van der Waals surface area contributed by atoms with Crippen molar-refractivity contribution in [1.29, 1.82) is 0 Å². The zero-order chi connectivity index (χ0) is 20.3. The molecule has 0 aliphatic carbocycles. The molecule has 1 atom stereocenters. The lowest BCUT2D eigenvalue weighted by atomic mass is 10.1. The number of benzene rings is 1. The molecule has 144 valence electrons. The minimum Gasteiger partial charge on any atom is -0.490 e. The number of likely N-dealkylation sites (N-methyl/N-ethyl adjacent to an activating group) is 2. The summed E-state index contributed by atoms with van der Waals surface area (Å²) in [7, 11) is 2.99. The fourth-order valence-corrected chi connectivity index (χ4v) is 2.53. The Morgan fingerprint density at radius 3 is 2.33 bits per heavy atom. The van der Waals surface area contributed by atoms with Gasteiger partial charge in [0.2, 0.25) is 0 Å². The van der Waals surface area contributed by atoms with Gasteiger partial charge in [-0.05, 0) is 49.8 Å². The van der Waals surface area contributed by atoms with Crippen molar-refractivity contribution < 1.29 is 29.0 Å². The molecule has 1 aliphatic heterocycles.